The maximum Gasteiger partial charge on any atom is 0.222 e. The topological polar surface area (TPSA) is 45.2 Å². The summed E-state index contributed by atoms with van der Waals surface area (Å²) >= 11 is 1.72. The minimum atomic E-state index is 0. The lowest BCUT2D eigenvalue weighted by molar-refractivity contribution is -0.131. The summed E-state index contributed by atoms with van der Waals surface area (Å²) < 4.78 is 0. The highest BCUT2D eigenvalue weighted by atomic mass is 35.5. The molecule has 1 heterocycles. The van der Waals surface area contributed by atoms with E-state index < -0.39 is 0 Å². The first-order valence-corrected chi connectivity index (χ1v) is 7.69. The van der Waals surface area contributed by atoms with E-state index in [0.29, 0.717) is 6.42 Å². The van der Waals surface area contributed by atoms with Crippen LogP contribution < -0.4 is 5.32 Å². The van der Waals surface area contributed by atoms with E-state index in [1.54, 1.807) is 11.3 Å². The van der Waals surface area contributed by atoms with Crippen molar-refractivity contribution < 1.29 is 4.79 Å². The molecule has 4 nitrogen and oxygen atoms in total. The van der Waals surface area contributed by atoms with Gasteiger partial charge in [-0.25, -0.2) is 4.98 Å². The van der Waals surface area contributed by atoms with Gasteiger partial charge >= 0.3 is 0 Å². The normalized spacial score (nSPS) is 11.3. The molecule has 1 rings (SSSR count). The molecular formula is C14H27Cl2N3OS. The Morgan fingerprint density at radius 1 is 1.43 bits per heavy atom. The van der Waals surface area contributed by atoms with Gasteiger partial charge in [0, 0.05) is 18.3 Å². The van der Waals surface area contributed by atoms with Gasteiger partial charge in [-0.1, -0.05) is 6.92 Å². The number of thiazole rings is 1. The summed E-state index contributed by atoms with van der Waals surface area (Å²) in [7, 11) is 3.79. The number of amides is 1. The Kier molecular flexibility index (Phi) is 12.3. The molecule has 7 heteroatoms. The lowest BCUT2D eigenvalue weighted by Crippen LogP contribution is -2.30. The molecule has 0 radical (unpaired) electrons. The number of nitrogens with one attached hydrogen (secondary N) is 1. The fourth-order valence-corrected chi connectivity index (χ4v) is 3.09. The van der Waals surface area contributed by atoms with Gasteiger partial charge in [-0.2, -0.15) is 0 Å². The Morgan fingerprint density at radius 3 is 2.52 bits per heavy atom. The molecule has 1 aromatic heterocycles. The van der Waals surface area contributed by atoms with Crippen LogP contribution in [0.25, 0.3) is 0 Å². The second-order valence-corrected chi connectivity index (χ2v) is 5.91. The lowest BCUT2D eigenvalue weighted by atomic mass is 10.2. The predicted molar refractivity (Wildman–Crippen MR) is 95.1 cm³/mol. The SMILES string of the molecule is CCc1nc(C)c(C(C)N(C)C(=O)CCCNC)s1.Cl.Cl. The van der Waals surface area contributed by atoms with Crippen molar-refractivity contribution in [3.63, 3.8) is 0 Å². The van der Waals surface area contributed by atoms with E-state index in [9.17, 15) is 4.79 Å². The third-order valence-corrected chi connectivity index (χ3v) is 4.82. The summed E-state index contributed by atoms with van der Waals surface area (Å²) in [4.78, 5) is 19.7. The molecule has 21 heavy (non-hydrogen) atoms. The number of carbonyl (C=O) groups excluding carboxylic acids is 1. The minimum absolute atomic E-state index is 0. The fourth-order valence-electron chi connectivity index (χ4n) is 1.99. The molecule has 1 amide bonds. The van der Waals surface area contributed by atoms with Gasteiger partial charge < -0.3 is 10.2 Å². The molecule has 0 aliphatic rings. The van der Waals surface area contributed by atoms with E-state index in [0.717, 1.165) is 30.1 Å². The molecule has 1 unspecified atom stereocenters. The van der Waals surface area contributed by atoms with Gasteiger partial charge in [0.15, 0.2) is 0 Å². The number of aryl methyl sites for hydroxylation is 2. The van der Waals surface area contributed by atoms with Crippen molar-refractivity contribution in [2.75, 3.05) is 20.6 Å². The van der Waals surface area contributed by atoms with E-state index in [1.807, 2.05) is 25.9 Å². The van der Waals surface area contributed by atoms with E-state index in [1.165, 1.54) is 4.88 Å². The van der Waals surface area contributed by atoms with Gasteiger partial charge in [0.2, 0.25) is 5.91 Å². The quantitative estimate of drug-likeness (QED) is 0.762. The first-order valence-electron chi connectivity index (χ1n) is 6.87. The zero-order chi connectivity index (χ0) is 14.4. The Morgan fingerprint density at radius 2 is 2.05 bits per heavy atom. The van der Waals surface area contributed by atoms with Gasteiger partial charge in [0.05, 0.1) is 16.7 Å². The third-order valence-electron chi connectivity index (χ3n) is 3.35. The zero-order valence-corrected chi connectivity index (χ0v) is 15.9. The number of carbonyl (C=O) groups is 1. The fraction of sp³-hybridized carbons (Fsp3) is 0.714. The second kappa shape index (κ2) is 11.2. The maximum absolute atomic E-state index is 12.1. The van der Waals surface area contributed by atoms with Crippen LogP contribution in [0.15, 0.2) is 0 Å². The molecule has 1 N–H and O–H groups in total. The van der Waals surface area contributed by atoms with Gasteiger partial charge in [0.25, 0.3) is 0 Å². The van der Waals surface area contributed by atoms with Crippen LogP contribution in [0.5, 0.6) is 0 Å². The van der Waals surface area contributed by atoms with Gasteiger partial charge in [-0.15, -0.1) is 36.2 Å². The average Bonchev–Trinajstić information content (AvgIpc) is 2.78. The largest absolute Gasteiger partial charge is 0.338 e. The van der Waals surface area contributed by atoms with Crippen molar-refractivity contribution in [3.8, 4) is 0 Å². The van der Waals surface area contributed by atoms with Crippen molar-refractivity contribution in [3.05, 3.63) is 15.6 Å². The smallest absolute Gasteiger partial charge is 0.222 e. The Hall–Kier alpha value is -0.360. The van der Waals surface area contributed by atoms with Crippen LogP contribution >= 0.6 is 36.2 Å². The second-order valence-electron chi connectivity index (χ2n) is 4.80. The highest BCUT2D eigenvalue weighted by molar-refractivity contribution is 7.11. The number of hydrogen-bond donors (Lipinski definition) is 1. The van der Waals surface area contributed by atoms with Crippen LogP contribution in [0.1, 0.15) is 48.3 Å². The van der Waals surface area contributed by atoms with Crippen LogP contribution in [0.3, 0.4) is 0 Å². The average molecular weight is 356 g/mol. The molecular weight excluding hydrogens is 329 g/mol. The molecule has 0 saturated carbocycles. The Bertz CT molecular complexity index is 426. The van der Waals surface area contributed by atoms with E-state index >= 15 is 0 Å². The highest BCUT2D eigenvalue weighted by Gasteiger charge is 2.21. The molecule has 0 fully saturated rings. The monoisotopic (exact) mass is 355 g/mol. The van der Waals surface area contributed by atoms with Crippen molar-refractivity contribution in [2.24, 2.45) is 0 Å². The molecule has 1 aromatic rings. The van der Waals surface area contributed by atoms with E-state index in [4.69, 9.17) is 0 Å². The molecule has 0 saturated heterocycles. The van der Waals surface area contributed by atoms with E-state index in [2.05, 4.69) is 24.1 Å². The van der Waals surface area contributed by atoms with Crippen molar-refractivity contribution in [1.82, 2.24) is 15.2 Å². The van der Waals surface area contributed by atoms with Crippen LogP contribution in [0.2, 0.25) is 0 Å². The van der Waals surface area contributed by atoms with Crippen LogP contribution in [-0.2, 0) is 11.2 Å². The molecule has 0 aliphatic carbocycles. The summed E-state index contributed by atoms with van der Waals surface area (Å²) in [5.74, 6) is 0.202. The summed E-state index contributed by atoms with van der Waals surface area (Å²) in [6.07, 6.45) is 2.44. The van der Waals surface area contributed by atoms with Crippen molar-refractivity contribution >= 4 is 42.1 Å². The summed E-state index contributed by atoms with van der Waals surface area (Å²) in [5, 5.41) is 4.21. The van der Waals surface area contributed by atoms with Gasteiger partial charge in [0.1, 0.15) is 0 Å². The Labute approximate surface area is 144 Å². The van der Waals surface area contributed by atoms with Gasteiger partial charge in [-0.05, 0) is 40.3 Å². The molecule has 0 aromatic carbocycles. The summed E-state index contributed by atoms with van der Waals surface area (Å²) in [6, 6.07) is 0.111. The van der Waals surface area contributed by atoms with Gasteiger partial charge in [-0.3, -0.25) is 4.79 Å². The zero-order valence-electron chi connectivity index (χ0n) is 13.4. The van der Waals surface area contributed by atoms with Crippen LogP contribution in [0.4, 0.5) is 0 Å². The first kappa shape index (κ1) is 22.9. The summed E-state index contributed by atoms with van der Waals surface area (Å²) in [6.45, 7) is 7.10. The predicted octanol–water partition coefficient (Wildman–Crippen LogP) is 3.38. The molecule has 0 aliphatic heterocycles. The minimum Gasteiger partial charge on any atom is -0.338 e. The molecule has 124 valence electrons. The standard InChI is InChI=1S/C14H25N3OS.2ClH/c1-6-12-16-10(2)14(19-12)11(3)17(5)13(18)8-7-9-15-4;;/h11,15H,6-9H2,1-5H3;2*1H. The lowest BCUT2D eigenvalue weighted by Gasteiger charge is -2.24. The Balaban J connectivity index is 0. The maximum atomic E-state index is 12.1. The number of halogens is 2. The molecule has 1 atom stereocenters. The number of hydrogen-bond acceptors (Lipinski definition) is 4. The van der Waals surface area contributed by atoms with E-state index in [-0.39, 0.29) is 36.8 Å². The number of aromatic nitrogens is 1. The third kappa shape index (κ3) is 6.51. The molecule has 0 bridgehead atoms. The number of nitrogens with zero attached hydrogens (tertiary/aromatic N) is 2. The van der Waals surface area contributed by atoms with Crippen molar-refractivity contribution in [1.29, 1.82) is 0 Å². The summed E-state index contributed by atoms with van der Waals surface area (Å²) in [5.41, 5.74) is 1.06. The van der Waals surface area contributed by atoms with Crippen LogP contribution in [-0.4, -0.2) is 36.4 Å². The molecule has 0 spiro atoms. The highest BCUT2D eigenvalue weighted by Crippen LogP contribution is 2.29. The number of rotatable bonds is 7. The van der Waals surface area contributed by atoms with Crippen molar-refractivity contribution in [2.45, 2.75) is 46.1 Å². The first-order chi connectivity index (χ1) is 9.01. The van der Waals surface area contributed by atoms with Crippen LogP contribution in [0, 0.1) is 6.92 Å².